The highest BCUT2D eigenvalue weighted by molar-refractivity contribution is 9.09. The fraction of sp³-hybridized carbons (Fsp3) is 1.00. The Bertz CT molecular complexity index is 135. The van der Waals surface area contributed by atoms with Crippen molar-refractivity contribution in [2.75, 3.05) is 13.2 Å². The van der Waals surface area contributed by atoms with Gasteiger partial charge in [0, 0.05) is 19.6 Å². The van der Waals surface area contributed by atoms with E-state index in [0.717, 1.165) is 0 Å². The quantitative estimate of drug-likeness (QED) is 0.661. The van der Waals surface area contributed by atoms with E-state index in [-0.39, 0.29) is 18.3 Å². The van der Waals surface area contributed by atoms with E-state index in [9.17, 15) is 8.78 Å². The molecule has 0 spiro atoms. The van der Waals surface area contributed by atoms with Crippen molar-refractivity contribution in [3.63, 3.8) is 0 Å². The molecule has 1 nitrogen and oxygen atoms in total. The van der Waals surface area contributed by atoms with E-state index in [4.69, 9.17) is 4.74 Å². The van der Waals surface area contributed by atoms with Crippen molar-refractivity contribution < 1.29 is 13.5 Å². The molecule has 0 bridgehead atoms. The summed E-state index contributed by atoms with van der Waals surface area (Å²) in [5, 5.41) is 0. The molecule has 0 aromatic carbocycles. The molecule has 1 aliphatic rings. The standard InChI is InChI=1S/C7H11BrF2O/c1-5-3-11-4-6(5)2-7(8,9)10/h5-6H,2-4H2,1H3. The minimum Gasteiger partial charge on any atom is -0.381 e. The van der Waals surface area contributed by atoms with Crippen LogP contribution >= 0.6 is 15.9 Å². The first kappa shape index (κ1) is 9.39. The van der Waals surface area contributed by atoms with E-state index in [2.05, 4.69) is 15.9 Å². The second-order valence-electron chi connectivity index (χ2n) is 3.09. The number of rotatable bonds is 2. The van der Waals surface area contributed by atoms with Crippen molar-refractivity contribution in [2.24, 2.45) is 11.8 Å². The summed E-state index contributed by atoms with van der Waals surface area (Å²) >= 11 is 2.33. The molecule has 0 saturated carbocycles. The van der Waals surface area contributed by atoms with E-state index < -0.39 is 4.83 Å². The van der Waals surface area contributed by atoms with Gasteiger partial charge in [0.2, 0.25) is 0 Å². The summed E-state index contributed by atoms with van der Waals surface area (Å²) < 4.78 is 29.9. The lowest BCUT2D eigenvalue weighted by Gasteiger charge is -2.16. The topological polar surface area (TPSA) is 9.23 Å². The van der Waals surface area contributed by atoms with Crippen LogP contribution in [0, 0.1) is 11.8 Å². The second kappa shape index (κ2) is 3.35. The maximum Gasteiger partial charge on any atom is 0.301 e. The molecule has 1 saturated heterocycles. The molecular weight excluding hydrogens is 218 g/mol. The second-order valence-corrected chi connectivity index (χ2v) is 4.25. The summed E-state index contributed by atoms with van der Waals surface area (Å²) in [6.45, 7) is 3.03. The largest absolute Gasteiger partial charge is 0.381 e. The molecule has 1 fully saturated rings. The van der Waals surface area contributed by atoms with Crippen LogP contribution in [0.1, 0.15) is 13.3 Å². The molecule has 1 heterocycles. The van der Waals surface area contributed by atoms with Gasteiger partial charge in [0.05, 0.1) is 0 Å². The molecule has 0 radical (unpaired) electrons. The van der Waals surface area contributed by atoms with E-state index in [0.29, 0.717) is 13.2 Å². The average molecular weight is 229 g/mol. The Morgan fingerprint density at radius 2 is 2.18 bits per heavy atom. The average Bonchev–Trinajstić information content (AvgIpc) is 2.12. The van der Waals surface area contributed by atoms with Gasteiger partial charge < -0.3 is 4.74 Å². The molecule has 4 heteroatoms. The molecule has 2 atom stereocenters. The first-order chi connectivity index (χ1) is 4.99. The third-order valence-electron chi connectivity index (χ3n) is 2.01. The fourth-order valence-electron chi connectivity index (χ4n) is 1.26. The van der Waals surface area contributed by atoms with Crippen molar-refractivity contribution >= 4 is 15.9 Å². The van der Waals surface area contributed by atoms with Gasteiger partial charge in [0.25, 0.3) is 0 Å². The molecule has 11 heavy (non-hydrogen) atoms. The van der Waals surface area contributed by atoms with Crippen LogP contribution in [-0.2, 0) is 4.74 Å². The maximum absolute atomic E-state index is 12.4. The highest BCUT2D eigenvalue weighted by Crippen LogP contribution is 2.35. The highest BCUT2D eigenvalue weighted by atomic mass is 79.9. The van der Waals surface area contributed by atoms with Crippen LogP contribution in [0.2, 0.25) is 0 Å². The van der Waals surface area contributed by atoms with Gasteiger partial charge in [-0.15, -0.1) is 0 Å². The number of hydrogen-bond donors (Lipinski definition) is 0. The molecule has 0 aliphatic carbocycles. The molecule has 1 aliphatic heterocycles. The van der Waals surface area contributed by atoms with Gasteiger partial charge in [-0.1, -0.05) is 6.92 Å². The van der Waals surface area contributed by atoms with Crippen molar-refractivity contribution in [1.82, 2.24) is 0 Å². The number of ether oxygens (including phenoxy) is 1. The van der Waals surface area contributed by atoms with E-state index in [1.165, 1.54) is 0 Å². The lowest BCUT2D eigenvalue weighted by Crippen LogP contribution is -2.18. The smallest absolute Gasteiger partial charge is 0.301 e. The summed E-state index contributed by atoms with van der Waals surface area (Å²) in [6, 6.07) is 0. The Labute approximate surface area is 73.2 Å². The molecule has 2 unspecified atom stereocenters. The zero-order valence-electron chi connectivity index (χ0n) is 6.32. The van der Waals surface area contributed by atoms with Gasteiger partial charge in [-0.3, -0.25) is 0 Å². The Morgan fingerprint density at radius 3 is 2.55 bits per heavy atom. The highest BCUT2D eigenvalue weighted by Gasteiger charge is 2.34. The summed E-state index contributed by atoms with van der Waals surface area (Å²) in [4.78, 5) is -2.72. The van der Waals surface area contributed by atoms with Crippen LogP contribution in [0.3, 0.4) is 0 Å². The van der Waals surface area contributed by atoms with Crippen molar-refractivity contribution in [3.05, 3.63) is 0 Å². The van der Waals surface area contributed by atoms with Crippen LogP contribution in [0.25, 0.3) is 0 Å². The van der Waals surface area contributed by atoms with Gasteiger partial charge in [-0.2, -0.15) is 8.78 Å². The SMILES string of the molecule is CC1COCC1CC(F)(F)Br. The summed E-state index contributed by atoms with van der Waals surface area (Å²) in [6.07, 6.45) is -0.117. The van der Waals surface area contributed by atoms with Gasteiger partial charge in [-0.05, 0) is 27.8 Å². The molecule has 66 valence electrons. The van der Waals surface area contributed by atoms with Crippen LogP contribution in [0.5, 0.6) is 0 Å². The van der Waals surface area contributed by atoms with Gasteiger partial charge >= 0.3 is 4.83 Å². The minimum absolute atomic E-state index is 0.00405. The van der Waals surface area contributed by atoms with Gasteiger partial charge in [0.15, 0.2) is 0 Å². The van der Waals surface area contributed by atoms with Gasteiger partial charge in [0.1, 0.15) is 0 Å². The number of alkyl halides is 3. The Morgan fingerprint density at radius 1 is 1.55 bits per heavy atom. The monoisotopic (exact) mass is 228 g/mol. The fourth-order valence-corrected chi connectivity index (χ4v) is 1.68. The first-order valence-corrected chi connectivity index (χ1v) is 4.43. The lowest BCUT2D eigenvalue weighted by atomic mass is 9.95. The maximum atomic E-state index is 12.4. The predicted molar refractivity (Wildman–Crippen MR) is 42.0 cm³/mol. The predicted octanol–water partition coefficient (Wildman–Crippen LogP) is 2.65. The van der Waals surface area contributed by atoms with E-state index in [1.807, 2.05) is 6.92 Å². The van der Waals surface area contributed by atoms with Gasteiger partial charge in [-0.25, -0.2) is 0 Å². The molecular formula is C7H11BrF2O. The zero-order chi connectivity index (χ0) is 8.48. The summed E-state index contributed by atoms with van der Waals surface area (Å²) in [5.74, 6) is 0.266. The van der Waals surface area contributed by atoms with Crippen LogP contribution in [-0.4, -0.2) is 18.0 Å². The third-order valence-corrected chi connectivity index (χ3v) is 2.33. The van der Waals surface area contributed by atoms with E-state index in [1.54, 1.807) is 0 Å². The molecule has 0 amide bonds. The first-order valence-electron chi connectivity index (χ1n) is 3.63. The van der Waals surface area contributed by atoms with Crippen LogP contribution in [0.15, 0.2) is 0 Å². The molecule has 0 aromatic rings. The number of halogens is 3. The Kier molecular flexibility index (Phi) is 2.86. The zero-order valence-corrected chi connectivity index (χ0v) is 7.90. The minimum atomic E-state index is -2.72. The summed E-state index contributed by atoms with van der Waals surface area (Å²) in [7, 11) is 0. The summed E-state index contributed by atoms with van der Waals surface area (Å²) in [5.41, 5.74) is 0. The van der Waals surface area contributed by atoms with Crippen LogP contribution in [0.4, 0.5) is 8.78 Å². The Hall–Kier alpha value is 0.300. The molecule has 0 aromatic heterocycles. The van der Waals surface area contributed by atoms with Crippen molar-refractivity contribution in [3.8, 4) is 0 Å². The van der Waals surface area contributed by atoms with Crippen molar-refractivity contribution in [1.29, 1.82) is 0 Å². The molecule has 1 rings (SSSR count). The number of hydrogen-bond acceptors (Lipinski definition) is 1. The van der Waals surface area contributed by atoms with E-state index >= 15 is 0 Å². The van der Waals surface area contributed by atoms with Crippen molar-refractivity contribution in [2.45, 2.75) is 18.2 Å². The normalized spacial score (nSPS) is 32.7. The van der Waals surface area contributed by atoms with Crippen LogP contribution < -0.4 is 0 Å². The Balaban J connectivity index is 2.37. The molecule has 0 N–H and O–H groups in total. The third kappa shape index (κ3) is 3.03. The lowest BCUT2D eigenvalue weighted by molar-refractivity contribution is 0.0738.